The molecule has 0 aliphatic heterocycles. The Hall–Kier alpha value is -2.18. The van der Waals surface area contributed by atoms with Crippen LogP contribution in [0.3, 0.4) is 0 Å². The number of benzene rings is 2. The molecule has 4 nitrogen and oxygen atoms in total. The second kappa shape index (κ2) is 6.14. The Bertz CT molecular complexity index is 929. The fourth-order valence-electron chi connectivity index (χ4n) is 2.17. The van der Waals surface area contributed by atoms with Gasteiger partial charge in [0.25, 0.3) is 10.0 Å². The van der Waals surface area contributed by atoms with E-state index in [9.17, 15) is 8.42 Å². The van der Waals surface area contributed by atoms with Crippen LogP contribution in [0, 0.1) is 13.8 Å². The monoisotopic (exact) mass is 344 g/mol. The lowest BCUT2D eigenvalue weighted by molar-refractivity contribution is 0.601. The van der Waals surface area contributed by atoms with E-state index in [4.69, 9.17) is 0 Å². The first-order chi connectivity index (χ1) is 10.9. The molecule has 2 aromatic carbocycles. The molecule has 0 amide bonds. The number of anilines is 1. The third-order valence-electron chi connectivity index (χ3n) is 3.36. The van der Waals surface area contributed by atoms with Gasteiger partial charge in [-0.15, -0.1) is 11.3 Å². The number of aromatic nitrogens is 1. The molecular formula is C17H16N2O2S2. The Labute approximate surface area is 139 Å². The van der Waals surface area contributed by atoms with Crippen LogP contribution in [0.1, 0.15) is 10.6 Å². The van der Waals surface area contributed by atoms with Crippen molar-refractivity contribution in [2.75, 3.05) is 4.72 Å². The zero-order chi connectivity index (χ0) is 16.4. The molecule has 0 spiro atoms. The lowest BCUT2D eigenvalue weighted by Gasteiger charge is -2.09. The average molecular weight is 344 g/mol. The molecule has 3 aromatic rings. The van der Waals surface area contributed by atoms with E-state index in [1.54, 1.807) is 47.7 Å². The summed E-state index contributed by atoms with van der Waals surface area (Å²) < 4.78 is 27.5. The van der Waals surface area contributed by atoms with Crippen molar-refractivity contribution < 1.29 is 8.42 Å². The molecular weight excluding hydrogens is 328 g/mol. The summed E-state index contributed by atoms with van der Waals surface area (Å²) in [6.45, 7) is 3.86. The fraction of sp³-hybridized carbons (Fsp3) is 0.118. The molecule has 0 fully saturated rings. The van der Waals surface area contributed by atoms with Gasteiger partial charge in [0.15, 0.2) is 0 Å². The molecule has 1 heterocycles. The van der Waals surface area contributed by atoms with E-state index in [1.165, 1.54) is 0 Å². The summed E-state index contributed by atoms with van der Waals surface area (Å²) >= 11 is 1.57. The number of aryl methyl sites for hydroxylation is 2. The van der Waals surface area contributed by atoms with E-state index in [1.807, 2.05) is 31.4 Å². The van der Waals surface area contributed by atoms with E-state index in [0.29, 0.717) is 5.69 Å². The normalized spacial score (nSPS) is 11.4. The van der Waals surface area contributed by atoms with Gasteiger partial charge in [-0.3, -0.25) is 4.72 Å². The Morgan fingerprint density at radius 3 is 2.43 bits per heavy atom. The minimum absolute atomic E-state index is 0.248. The van der Waals surface area contributed by atoms with E-state index in [0.717, 1.165) is 21.8 Å². The van der Waals surface area contributed by atoms with Gasteiger partial charge >= 0.3 is 0 Å². The lowest BCUT2D eigenvalue weighted by atomic mass is 10.1. The molecule has 6 heteroatoms. The Morgan fingerprint density at radius 2 is 1.78 bits per heavy atom. The average Bonchev–Trinajstić information content (AvgIpc) is 2.94. The van der Waals surface area contributed by atoms with E-state index >= 15 is 0 Å². The second-order valence-electron chi connectivity index (χ2n) is 5.25. The fourth-order valence-corrected chi connectivity index (χ4v) is 3.84. The van der Waals surface area contributed by atoms with Crippen LogP contribution in [-0.2, 0) is 10.0 Å². The highest BCUT2D eigenvalue weighted by Gasteiger charge is 2.14. The molecule has 0 atom stereocenters. The van der Waals surface area contributed by atoms with Gasteiger partial charge in [0, 0.05) is 16.6 Å². The predicted molar refractivity (Wildman–Crippen MR) is 94.3 cm³/mol. The van der Waals surface area contributed by atoms with Crippen molar-refractivity contribution >= 4 is 27.0 Å². The SMILES string of the molecule is Cc1ccc(S(=O)(=O)Nc2cccc(-c3csc(C)n3)c2)cc1. The van der Waals surface area contributed by atoms with Crippen LogP contribution >= 0.6 is 11.3 Å². The molecule has 118 valence electrons. The summed E-state index contributed by atoms with van der Waals surface area (Å²) in [5.41, 5.74) is 3.28. The van der Waals surface area contributed by atoms with Crippen molar-refractivity contribution in [2.24, 2.45) is 0 Å². The number of rotatable bonds is 4. The maximum Gasteiger partial charge on any atom is 0.261 e. The highest BCUT2D eigenvalue weighted by molar-refractivity contribution is 7.92. The van der Waals surface area contributed by atoms with Crippen molar-refractivity contribution in [1.82, 2.24) is 4.98 Å². The molecule has 0 saturated heterocycles. The Balaban J connectivity index is 1.89. The third kappa shape index (κ3) is 3.60. The topological polar surface area (TPSA) is 59.1 Å². The van der Waals surface area contributed by atoms with Crippen LogP contribution in [0.25, 0.3) is 11.3 Å². The Morgan fingerprint density at radius 1 is 1.04 bits per heavy atom. The number of hydrogen-bond donors (Lipinski definition) is 1. The summed E-state index contributed by atoms with van der Waals surface area (Å²) in [6.07, 6.45) is 0. The molecule has 0 bridgehead atoms. The van der Waals surface area contributed by atoms with Crippen molar-refractivity contribution in [2.45, 2.75) is 18.7 Å². The van der Waals surface area contributed by atoms with E-state index in [-0.39, 0.29) is 4.90 Å². The summed E-state index contributed by atoms with van der Waals surface area (Å²) in [6, 6.07) is 14.0. The second-order valence-corrected chi connectivity index (χ2v) is 8.00. The minimum atomic E-state index is -3.59. The lowest BCUT2D eigenvalue weighted by Crippen LogP contribution is -2.12. The number of nitrogens with zero attached hydrogens (tertiary/aromatic N) is 1. The van der Waals surface area contributed by atoms with Gasteiger partial charge < -0.3 is 0 Å². The van der Waals surface area contributed by atoms with Gasteiger partial charge in [0.2, 0.25) is 0 Å². The van der Waals surface area contributed by atoms with Crippen molar-refractivity contribution in [3.05, 3.63) is 64.5 Å². The van der Waals surface area contributed by atoms with Crippen molar-refractivity contribution in [1.29, 1.82) is 0 Å². The first-order valence-electron chi connectivity index (χ1n) is 7.06. The number of sulfonamides is 1. The maximum atomic E-state index is 12.4. The standard InChI is InChI=1S/C17H16N2O2S2/c1-12-6-8-16(9-7-12)23(20,21)19-15-5-3-4-14(10-15)17-11-22-13(2)18-17/h3-11,19H,1-2H3. The highest BCUT2D eigenvalue weighted by Crippen LogP contribution is 2.25. The molecule has 0 aliphatic carbocycles. The van der Waals surface area contributed by atoms with Gasteiger partial charge in [0.05, 0.1) is 15.6 Å². The largest absolute Gasteiger partial charge is 0.280 e. The maximum absolute atomic E-state index is 12.4. The van der Waals surface area contributed by atoms with Gasteiger partial charge in [-0.1, -0.05) is 29.8 Å². The predicted octanol–water partition coefficient (Wildman–Crippen LogP) is 4.23. The first-order valence-corrected chi connectivity index (χ1v) is 9.42. The number of thiazole rings is 1. The quantitative estimate of drug-likeness (QED) is 0.770. The van der Waals surface area contributed by atoms with Crippen LogP contribution in [0.2, 0.25) is 0 Å². The smallest absolute Gasteiger partial charge is 0.261 e. The van der Waals surface area contributed by atoms with E-state index in [2.05, 4.69) is 9.71 Å². The Kier molecular flexibility index (Phi) is 4.19. The van der Waals surface area contributed by atoms with Gasteiger partial charge in [-0.2, -0.15) is 0 Å². The molecule has 0 aliphatic rings. The molecule has 0 radical (unpaired) electrons. The minimum Gasteiger partial charge on any atom is -0.280 e. The zero-order valence-electron chi connectivity index (χ0n) is 12.8. The summed E-state index contributed by atoms with van der Waals surface area (Å²) in [5, 5.41) is 2.94. The molecule has 3 rings (SSSR count). The van der Waals surface area contributed by atoms with Crippen LogP contribution in [0.15, 0.2) is 58.8 Å². The number of nitrogens with one attached hydrogen (secondary N) is 1. The van der Waals surface area contributed by atoms with Gasteiger partial charge in [0.1, 0.15) is 0 Å². The molecule has 0 saturated carbocycles. The molecule has 1 aromatic heterocycles. The van der Waals surface area contributed by atoms with Crippen LogP contribution in [0.4, 0.5) is 5.69 Å². The van der Waals surface area contributed by atoms with Crippen LogP contribution in [0.5, 0.6) is 0 Å². The summed E-state index contributed by atoms with van der Waals surface area (Å²) in [5.74, 6) is 0. The van der Waals surface area contributed by atoms with Crippen molar-refractivity contribution in [3.63, 3.8) is 0 Å². The number of hydrogen-bond acceptors (Lipinski definition) is 4. The zero-order valence-corrected chi connectivity index (χ0v) is 14.4. The summed E-state index contributed by atoms with van der Waals surface area (Å²) in [4.78, 5) is 4.68. The van der Waals surface area contributed by atoms with Crippen molar-refractivity contribution in [3.8, 4) is 11.3 Å². The molecule has 23 heavy (non-hydrogen) atoms. The van der Waals surface area contributed by atoms with Gasteiger partial charge in [-0.25, -0.2) is 13.4 Å². The van der Waals surface area contributed by atoms with Gasteiger partial charge in [-0.05, 0) is 38.1 Å². The third-order valence-corrected chi connectivity index (χ3v) is 5.53. The van der Waals surface area contributed by atoms with Crippen LogP contribution in [-0.4, -0.2) is 13.4 Å². The van der Waals surface area contributed by atoms with E-state index < -0.39 is 10.0 Å². The molecule has 0 unspecified atom stereocenters. The highest BCUT2D eigenvalue weighted by atomic mass is 32.2. The van der Waals surface area contributed by atoms with Crippen LogP contribution < -0.4 is 4.72 Å². The summed E-state index contributed by atoms with van der Waals surface area (Å²) in [7, 11) is -3.59. The first kappa shape index (κ1) is 15.7. The molecule has 1 N–H and O–H groups in total.